The molecule has 0 aromatic heterocycles. The van der Waals surface area contributed by atoms with Gasteiger partial charge in [0.05, 0.1) is 6.61 Å². The molecule has 1 aromatic carbocycles. The van der Waals surface area contributed by atoms with Crippen LogP contribution in [0.5, 0.6) is 0 Å². The zero-order valence-corrected chi connectivity index (χ0v) is 15.2. The van der Waals surface area contributed by atoms with E-state index in [-0.39, 0.29) is 19.0 Å². The molecule has 4 heteroatoms. The van der Waals surface area contributed by atoms with E-state index in [4.69, 9.17) is 5.73 Å². The molecule has 1 aromatic rings. The maximum Gasteiger partial charge on any atom is 0.126 e. The molecule has 1 heterocycles. The topological polar surface area (TPSA) is 58.3 Å². The van der Waals surface area contributed by atoms with Crippen LogP contribution in [0.15, 0.2) is 83.8 Å². The van der Waals surface area contributed by atoms with E-state index >= 15 is 0 Å². The Balaban J connectivity index is 2.61. The van der Waals surface area contributed by atoms with Crippen LogP contribution in [-0.2, 0) is 0 Å². The van der Waals surface area contributed by atoms with Crippen molar-refractivity contribution in [2.45, 2.75) is 13.8 Å². The highest BCUT2D eigenvalue weighted by Crippen LogP contribution is 2.29. The summed E-state index contributed by atoms with van der Waals surface area (Å²) in [7, 11) is 0. The van der Waals surface area contributed by atoms with Crippen LogP contribution >= 0.6 is 0 Å². The van der Waals surface area contributed by atoms with E-state index in [1.165, 1.54) is 6.07 Å². The molecule has 3 nitrogen and oxygen atoms in total. The normalized spacial score (nSPS) is 16.9. The van der Waals surface area contributed by atoms with E-state index in [1.807, 2.05) is 43.5 Å². The van der Waals surface area contributed by atoms with Crippen molar-refractivity contribution in [2.75, 3.05) is 13.2 Å². The number of hydrogen-bond donors (Lipinski definition) is 3. The van der Waals surface area contributed by atoms with Gasteiger partial charge in [0.1, 0.15) is 5.82 Å². The molecule has 0 saturated carbocycles. The number of dihydropyridines is 1. The zero-order chi connectivity index (χ0) is 19.1. The van der Waals surface area contributed by atoms with Gasteiger partial charge in [-0.2, -0.15) is 0 Å². The largest absolute Gasteiger partial charge is 0.392 e. The van der Waals surface area contributed by atoms with Crippen LogP contribution in [0.3, 0.4) is 0 Å². The van der Waals surface area contributed by atoms with Gasteiger partial charge in [0, 0.05) is 18.4 Å². The summed E-state index contributed by atoms with van der Waals surface area (Å²) in [6, 6.07) is 5.10. The number of hydrogen-bond acceptors (Lipinski definition) is 3. The summed E-state index contributed by atoms with van der Waals surface area (Å²) in [6.45, 7) is 7.67. The average molecular weight is 352 g/mol. The molecular weight excluding hydrogens is 327 g/mol. The lowest BCUT2D eigenvalue weighted by atomic mass is 9.92. The number of halogens is 1. The second-order valence-corrected chi connectivity index (χ2v) is 6.05. The lowest BCUT2D eigenvalue weighted by Gasteiger charge is -2.18. The van der Waals surface area contributed by atoms with Crippen molar-refractivity contribution in [3.8, 4) is 0 Å². The third-order valence-corrected chi connectivity index (χ3v) is 4.32. The van der Waals surface area contributed by atoms with Gasteiger partial charge in [0.25, 0.3) is 0 Å². The summed E-state index contributed by atoms with van der Waals surface area (Å²) in [4.78, 5) is 0. The first-order valence-corrected chi connectivity index (χ1v) is 8.46. The lowest BCUT2D eigenvalue weighted by molar-refractivity contribution is 0.328. The molecule has 0 unspecified atom stereocenters. The highest BCUT2D eigenvalue weighted by atomic mass is 19.1. The Morgan fingerprint density at radius 2 is 2.15 bits per heavy atom. The van der Waals surface area contributed by atoms with Crippen LogP contribution in [-0.4, -0.2) is 18.3 Å². The number of aliphatic hydroxyl groups excluding tert-OH is 1. The van der Waals surface area contributed by atoms with E-state index in [0.29, 0.717) is 5.56 Å². The first-order chi connectivity index (χ1) is 12.5. The number of nitrogens with one attached hydrogen (secondary N) is 1. The molecule has 0 spiro atoms. The number of nitrogens with two attached hydrogens (primary N) is 1. The Morgan fingerprint density at radius 3 is 2.77 bits per heavy atom. The molecular formula is C22H25FN2O. The molecule has 0 amide bonds. The Hall–Kier alpha value is -2.69. The monoisotopic (exact) mass is 352 g/mol. The SMILES string of the molecule is C=C/C=C\C(C1=C/C(=C(/CN)CO)NC=C1)=C(/C)c1ccc(F)c(C)c1. The van der Waals surface area contributed by atoms with Gasteiger partial charge in [-0.15, -0.1) is 0 Å². The van der Waals surface area contributed by atoms with Crippen molar-refractivity contribution in [1.82, 2.24) is 5.32 Å². The summed E-state index contributed by atoms with van der Waals surface area (Å²) in [6.07, 6.45) is 11.3. The maximum atomic E-state index is 13.6. The van der Waals surface area contributed by atoms with E-state index in [1.54, 1.807) is 19.1 Å². The highest BCUT2D eigenvalue weighted by molar-refractivity contribution is 5.76. The van der Waals surface area contributed by atoms with Gasteiger partial charge in [0.2, 0.25) is 0 Å². The van der Waals surface area contributed by atoms with Gasteiger partial charge < -0.3 is 16.2 Å². The summed E-state index contributed by atoms with van der Waals surface area (Å²) >= 11 is 0. The summed E-state index contributed by atoms with van der Waals surface area (Å²) in [5.74, 6) is -0.216. The summed E-state index contributed by atoms with van der Waals surface area (Å²) in [5, 5.41) is 12.6. The predicted molar refractivity (Wildman–Crippen MR) is 107 cm³/mol. The van der Waals surface area contributed by atoms with E-state index in [9.17, 15) is 9.50 Å². The number of rotatable bonds is 6. The van der Waals surface area contributed by atoms with E-state index < -0.39 is 0 Å². The van der Waals surface area contributed by atoms with Crippen molar-refractivity contribution in [3.63, 3.8) is 0 Å². The molecule has 4 N–H and O–H groups in total. The standard InChI is InChI=1S/C22H25FN2O/c1-4-5-6-20(16(3)17-7-8-21(23)15(2)11-17)18-9-10-25-22(12-18)19(13-24)14-26/h4-12,25-26H,1,13-14,24H2,2-3H3/b6-5-,20-16-,22-19+. The van der Waals surface area contributed by atoms with Gasteiger partial charge in [0.15, 0.2) is 0 Å². The molecule has 26 heavy (non-hydrogen) atoms. The molecule has 0 fully saturated rings. The molecule has 2 rings (SSSR count). The Kier molecular flexibility index (Phi) is 6.89. The van der Waals surface area contributed by atoms with Crippen LogP contribution in [0.25, 0.3) is 5.57 Å². The van der Waals surface area contributed by atoms with E-state index in [2.05, 4.69) is 11.9 Å². The number of allylic oxidation sites excluding steroid dienone is 8. The molecule has 0 saturated heterocycles. The zero-order valence-electron chi connectivity index (χ0n) is 15.2. The van der Waals surface area contributed by atoms with Gasteiger partial charge in [-0.1, -0.05) is 30.9 Å². The summed E-state index contributed by atoms with van der Waals surface area (Å²) < 4.78 is 13.6. The molecule has 0 bridgehead atoms. The number of benzene rings is 1. The van der Waals surface area contributed by atoms with Gasteiger partial charge in [-0.05, 0) is 71.6 Å². The van der Waals surface area contributed by atoms with Crippen molar-refractivity contribution in [3.05, 3.63) is 101 Å². The third-order valence-electron chi connectivity index (χ3n) is 4.32. The fourth-order valence-corrected chi connectivity index (χ4v) is 2.73. The number of aliphatic hydroxyl groups is 1. The van der Waals surface area contributed by atoms with Crippen LogP contribution < -0.4 is 11.1 Å². The third kappa shape index (κ3) is 4.48. The molecule has 0 radical (unpaired) electrons. The van der Waals surface area contributed by atoms with Crippen molar-refractivity contribution in [1.29, 1.82) is 0 Å². The van der Waals surface area contributed by atoms with Crippen LogP contribution in [0.2, 0.25) is 0 Å². The van der Waals surface area contributed by atoms with E-state index in [0.717, 1.165) is 33.6 Å². The lowest BCUT2D eigenvalue weighted by Crippen LogP contribution is -2.17. The second-order valence-electron chi connectivity index (χ2n) is 6.05. The minimum absolute atomic E-state index is 0.103. The molecule has 1 aliphatic rings. The minimum atomic E-state index is -0.216. The fraction of sp³-hybridized carbons (Fsp3) is 0.182. The smallest absolute Gasteiger partial charge is 0.126 e. The molecule has 0 aliphatic carbocycles. The Labute approximate surface area is 154 Å². The molecule has 0 atom stereocenters. The van der Waals surface area contributed by atoms with Gasteiger partial charge in [-0.3, -0.25) is 0 Å². The van der Waals surface area contributed by atoms with Crippen molar-refractivity contribution < 1.29 is 9.50 Å². The average Bonchev–Trinajstić information content (AvgIpc) is 2.65. The summed E-state index contributed by atoms with van der Waals surface area (Å²) in [5.41, 5.74) is 11.8. The Morgan fingerprint density at radius 1 is 1.38 bits per heavy atom. The predicted octanol–water partition coefficient (Wildman–Crippen LogP) is 3.90. The second kappa shape index (κ2) is 9.13. The van der Waals surface area contributed by atoms with Crippen LogP contribution in [0.1, 0.15) is 18.1 Å². The van der Waals surface area contributed by atoms with Crippen LogP contribution in [0.4, 0.5) is 4.39 Å². The Bertz CT molecular complexity index is 836. The van der Waals surface area contributed by atoms with Gasteiger partial charge in [-0.25, -0.2) is 4.39 Å². The molecule has 136 valence electrons. The van der Waals surface area contributed by atoms with Crippen LogP contribution in [0, 0.1) is 12.7 Å². The quantitative estimate of drug-likeness (QED) is 0.681. The minimum Gasteiger partial charge on any atom is -0.392 e. The fourth-order valence-electron chi connectivity index (χ4n) is 2.73. The first kappa shape index (κ1) is 19.6. The van der Waals surface area contributed by atoms with Gasteiger partial charge >= 0.3 is 0 Å². The van der Waals surface area contributed by atoms with Crippen molar-refractivity contribution >= 4 is 5.57 Å². The maximum absolute atomic E-state index is 13.6. The molecule has 1 aliphatic heterocycles. The highest BCUT2D eigenvalue weighted by Gasteiger charge is 2.12. The van der Waals surface area contributed by atoms with Crippen molar-refractivity contribution in [2.24, 2.45) is 5.73 Å². The number of aryl methyl sites for hydroxylation is 1. The first-order valence-electron chi connectivity index (χ1n) is 8.46.